The van der Waals surface area contributed by atoms with Gasteiger partial charge in [0.25, 0.3) is 0 Å². The maximum absolute atomic E-state index is 12.6. The molecule has 1 aromatic carbocycles. The van der Waals surface area contributed by atoms with Gasteiger partial charge in [-0.3, -0.25) is 5.43 Å². The van der Waals surface area contributed by atoms with E-state index in [0.717, 1.165) is 6.07 Å². The molecular formula is C16H12ClF3N3O3-. The van der Waals surface area contributed by atoms with Crippen molar-refractivity contribution < 1.29 is 27.8 Å². The first-order valence-electron chi connectivity index (χ1n) is 7.13. The third kappa shape index (κ3) is 5.35. The van der Waals surface area contributed by atoms with Crippen LogP contribution in [0.5, 0.6) is 5.75 Å². The van der Waals surface area contributed by atoms with Gasteiger partial charge in [-0.2, -0.15) is 18.3 Å². The zero-order valence-electron chi connectivity index (χ0n) is 13.3. The highest BCUT2D eigenvalue weighted by Gasteiger charge is 2.31. The summed E-state index contributed by atoms with van der Waals surface area (Å²) in [6.45, 7) is 1.03. The zero-order chi connectivity index (χ0) is 19.3. The molecule has 0 radical (unpaired) electrons. The number of carboxylic acid groups (broad SMARTS) is 1. The smallest absolute Gasteiger partial charge is 0.417 e. The van der Waals surface area contributed by atoms with Crippen molar-refractivity contribution in [2.24, 2.45) is 5.10 Å². The Hall–Kier alpha value is -2.81. The van der Waals surface area contributed by atoms with Gasteiger partial charge >= 0.3 is 6.18 Å². The number of carbonyl (C=O) groups excluding carboxylic acids is 1. The van der Waals surface area contributed by atoms with Gasteiger partial charge in [-0.1, -0.05) is 23.7 Å². The molecular weight excluding hydrogens is 375 g/mol. The number of benzene rings is 1. The average Bonchev–Trinajstić information content (AvgIpc) is 2.58. The molecule has 0 saturated carbocycles. The fourth-order valence-corrected chi connectivity index (χ4v) is 2.04. The first-order chi connectivity index (χ1) is 12.2. The Kier molecular flexibility index (Phi) is 6.04. The second kappa shape index (κ2) is 8.05. The molecule has 0 unspecified atom stereocenters. The number of aliphatic carboxylic acids is 1. The van der Waals surface area contributed by atoms with E-state index in [0.29, 0.717) is 23.2 Å². The normalized spacial score (nSPS) is 12.0. The fourth-order valence-electron chi connectivity index (χ4n) is 1.83. The summed E-state index contributed by atoms with van der Waals surface area (Å²) in [6, 6.07) is 7.17. The molecule has 1 N–H and O–H groups in total. The summed E-state index contributed by atoms with van der Waals surface area (Å²) in [7, 11) is 0. The largest absolute Gasteiger partial charge is 0.546 e. The number of rotatable bonds is 6. The lowest BCUT2D eigenvalue weighted by Gasteiger charge is -2.10. The second-order valence-electron chi connectivity index (χ2n) is 5.05. The van der Waals surface area contributed by atoms with Crippen LogP contribution in [0.2, 0.25) is 5.02 Å². The average molecular weight is 387 g/mol. The lowest BCUT2D eigenvalue weighted by molar-refractivity contribution is -0.307. The molecule has 6 nitrogen and oxygen atoms in total. The molecule has 0 atom stereocenters. The quantitative estimate of drug-likeness (QED) is 0.609. The van der Waals surface area contributed by atoms with Gasteiger partial charge in [0.2, 0.25) is 0 Å². The lowest BCUT2D eigenvalue weighted by atomic mass is 10.1. The van der Waals surface area contributed by atoms with E-state index < -0.39 is 24.3 Å². The maximum Gasteiger partial charge on any atom is 0.417 e. The Bertz CT molecular complexity index is 841. The van der Waals surface area contributed by atoms with Crippen molar-refractivity contribution in [3.05, 3.63) is 52.7 Å². The first-order valence-corrected chi connectivity index (χ1v) is 7.50. The highest BCUT2D eigenvalue weighted by molar-refractivity contribution is 6.33. The minimum Gasteiger partial charge on any atom is -0.546 e. The van der Waals surface area contributed by atoms with Crippen LogP contribution in [-0.2, 0) is 11.0 Å². The summed E-state index contributed by atoms with van der Waals surface area (Å²) in [6.07, 6.45) is -3.90. The Morgan fingerprint density at radius 2 is 2.12 bits per heavy atom. The number of aromatic nitrogens is 1. The van der Waals surface area contributed by atoms with Crippen LogP contribution >= 0.6 is 11.6 Å². The Balaban J connectivity index is 2.13. The summed E-state index contributed by atoms with van der Waals surface area (Å²) >= 11 is 5.79. The number of halogens is 4. The molecule has 1 aromatic heterocycles. The first kappa shape index (κ1) is 19.5. The molecule has 0 bridgehead atoms. The number of nitrogens with one attached hydrogen (secondary N) is 1. The molecule has 0 aliphatic heterocycles. The summed E-state index contributed by atoms with van der Waals surface area (Å²) in [5.74, 6) is -1.10. The van der Waals surface area contributed by atoms with E-state index in [9.17, 15) is 23.1 Å². The molecule has 0 amide bonds. The minimum absolute atomic E-state index is 0.0385. The van der Waals surface area contributed by atoms with Crippen LogP contribution in [0.25, 0.3) is 0 Å². The molecule has 1 heterocycles. The number of anilines is 1. The van der Waals surface area contributed by atoms with Crippen molar-refractivity contribution in [1.82, 2.24) is 4.98 Å². The number of alkyl halides is 3. The van der Waals surface area contributed by atoms with Gasteiger partial charge in [0, 0.05) is 11.8 Å². The van der Waals surface area contributed by atoms with Gasteiger partial charge in [0.1, 0.15) is 12.4 Å². The number of hydrogen-bond donors (Lipinski definition) is 1. The standard InChI is InChI=1S/C16H13ClF3N3O3/c1-9(10-3-2-4-12(5-10)26-8-14(24)25)22-23-15-13(17)6-11(7-21-15)16(18,19)20/h2-7H,8H2,1H3,(H,21,23)(H,24,25)/p-1/b22-9-. The molecule has 2 rings (SSSR count). The van der Waals surface area contributed by atoms with Crippen LogP contribution in [0, 0.1) is 0 Å². The number of carboxylic acids is 1. The number of carbonyl (C=O) groups is 1. The highest BCUT2D eigenvalue weighted by Crippen LogP contribution is 2.32. The van der Waals surface area contributed by atoms with E-state index >= 15 is 0 Å². The van der Waals surface area contributed by atoms with Gasteiger partial charge < -0.3 is 14.6 Å². The van der Waals surface area contributed by atoms with Gasteiger partial charge in [0.05, 0.1) is 22.3 Å². The lowest BCUT2D eigenvalue weighted by Crippen LogP contribution is -2.28. The van der Waals surface area contributed by atoms with E-state index in [2.05, 4.69) is 15.5 Å². The third-order valence-corrected chi connectivity index (χ3v) is 3.39. The van der Waals surface area contributed by atoms with Crippen molar-refractivity contribution in [3.8, 4) is 5.75 Å². The summed E-state index contributed by atoms with van der Waals surface area (Å²) in [4.78, 5) is 14.0. The summed E-state index contributed by atoms with van der Waals surface area (Å²) in [5.41, 5.74) is 2.57. The summed E-state index contributed by atoms with van der Waals surface area (Å²) in [5, 5.41) is 14.2. The van der Waals surface area contributed by atoms with Crippen molar-refractivity contribution in [2.75, 3.05) is 12.0 Å². The molecule has 0 spiro atoms. The van der Waals surface area contributed by atoms with Crippen molar-refractivity contribution in [2.45, 2.75) is 13.1 Å². The molecule has 138 valence electrons. The molecule has 0 aliphatic carbocycles. The van der Waals surface area contributed by atoms with Gasteiger partial charge in [-0.05, 0) is 25.1 Å². The monoisotopic (exact) mass is 386 g/mol. The number of hydrogen-bond acceptors (Lipinski definition) is 6. The topological polar surface area (TPSA) is 86.6 Å². The highest BCUT2D eigenvalue weighted by atomic mass is 35.5. The Morgan fingerprint density at radius 1 is 1.38 bits per heavy atom. The van der Waals surface area contributed by atoms with E-state index in [1.165, 1.54) is 0 Å². The van der Waals surface area contributed by atoms with Gasteiger partial charge in [-0.15, -0.1) is 0 Å². The minimum atomic E-state index is -4.54. The molecule has 2 aromatic rings. The molecule has 0 aliphatic rings. The van der Waals surface area contributed by atoms with E-state index in [4.69, 9.17) is 16.3 Å². The van der Waals surface area contributed by atoms with Crippen LogP contribution in [0.4, 0.5) is 19.0 Å². The third-order valence-electron chi connectivity index (χ3n) is 3.11. The number of pyridine rings is 1. The number of nitrogens with zero attached hydrogens (tertiary/aromatic N) is 2. The number of hydrazone groups is 1. The van der Waals surface area contributed by atoms with E-state index in [1.54, 1.807) is 31.2 Å². The fraction of sp³-hybridized carbons (Fsp3) is 0.188. The maximum atomic E-state index is 12.6. The number of ether oxygens (including phenoxy) is 1. The van der Waals surface area contributed by atoms with Crippen LogP contribution in [-0.4, -0.2) is 23.3 Å². The Labute approximate surface area is 151 Å². The van der Waals surface area contributed by atoms with Crippen molar-refractivity contribution >= 4 is 29.1 Å². The molecule has 10 heteroatoms. The van der Waals surface area contributed by atoms with Crippen molar-refractivity contribution in [1.29, 1.82) is 0 Å². The zero-order valence-corrected chi connectivity index (χ0v) is 14.1. The van der Waals surface area contributed by atoms with Crippen LogP contribution in [0.15, 0.2) is 41.6 Å². The predicted octanol–water partition coefficient (Wildman–Crippen LogP) is 2.72. The predicted molar refractivity (Wildman–Crippen MR) is 87.0 cm³/mol. The van der Waals surface area contributed by atoms with Crippen molar-refractivity contribution in [3.63, 3.8) is 0 Å². The van der Waals surface area contributed by atoms with E-state index in [-0.39, 0.29) is 10.8 Å². The second-order valence-corrected chi connectivity index (χ2v) is 5.46. The van der Waals surface area contributed by atoms with Gasteiger partial charge in [-0.25, -0.2) is 4.98 Å². The van der Waals surface area contributed by atoms with Crippen LogP contribution in [0.1, 0.15) is 18.1 Å². The van der Waals surface area contributed by atoms with Gasteiger partial charge in [0.15, 0.2) is 5.82 Å². The molecule has 26 heavy (non-hydrogen) atoms. The van der Waals surface area contributed by atoms with E-state index in [1.807, 2.05) is 0 Å². The Morgan fingerprint density at radius 3 is 2.73 bits per heavy atom. The van der Waals surface area contributed by atoms with Crippen LogP contribution < -0.4 is 15.3 Å². The summed E-state index contributed by atoms with van der Waals surface area (Å²) < 4.78 is 42.8. The molecule has 0 fully saturated rings. The molecule has 0 saturated heterocycles. The van der Waals surface area contributed by atoms with Crippen LogP contribution in [0.3, 0.4) is 0 Å². The SMILES string of the molecule is C/C(=N/Nc1ncc(C(F)(F)F)cc1Cl)c1cccc(OCC(=O)[O-])c1.